The summed E-state index contributed by atoms with van der Waals surface area (Å²) in [5.41, 5.74) is 2.76. The summed E-state index contributed by atoms with van der Waals surface area (Å²) < 4.78 is 5.49. The molecule has 5 heteroatoms. The van der Waals surface area contributed by atoms with Crippen LogP contribution in [0.4, 0.5) is 5.82 Å². The SMILES string of the molecule is Cc1nc2c(c(N3CCCC(CN4CCOCC4)C3)n1)CCCC2. The number of ether oxygens (including phenoxy) is 1. The van der Waals surface area contributed by atoms with Crippen molar-refractivity contribution in [3.63, 3.8) is 0 Å². The quantitative estimate of drug-likeness (QED) is 0.850. The Hall–Kier alpha value is -1.20. The fraction of sp³-hybridized carbons (Fsp3) is 0.789. The molecule has 1 atom stereocenters. The Labute approximate surface area is 145 Å². The summed E-state index contributed by atoms with van der Waals surface area (Å²) in [6.07, 6.45) is 7.50. The van der Waals surface area contributed by atoms with Crippen LogP contribution in [-0.2, 0) is 17.6 Å². The number of piperidine rings is 1. The van der Waals surface area contributed by atoms with Crippen LogP contribution in [0.5, 0.6) is 0 Å². The van der Waals surface area contributed by atoms with E-state index in [0.29, 0.717) is 0 Å². The number of aromatic nitrogens is 2. The molecule has 0 bridgehead atoms. The summed E-state index contributed by atoms with van der Waals surface area (Å²) in [5.74, 6) is 2.95. The van der Waals surface area contributed by atoms with Crippen molar-refractivity contribution in [2.45, 2.75) is 45.4 Å². The first kappa shape index (κ1) is 16.3. The van der Waals surface area contributed by atoms with E-state index in [0.717, 1.165) is 64.0 Å². The van der Waals surface area contributed by atoms with Gasteiger partial charge in [-0.05, 0) is 51.4 Å². The fourth-order valence-corrected chi connectivity index (χ4v) is 4.51. The van der Waals surface area contributed by atoms with Gasteiger partial charge in [0.1, 0.15) is 11.6 Å². The van der Waals surface area contributed by atoms with E-state index < -0.39 is 0 Å². The number of hydrogen-bond donors (Lipinski definition) is 0. The van der Waals surface area contributed by atoms with Crippen LogP contribution >= 0.6 is 0 Å². The lowest BCUT2D eigenvalue weighted by molar-refractivity contribution is 0.0296. The zero-order chi connectivity index (χ0) is 16.4. The van der Waals surface area contributed by atoms with Gasteiger partial charge in [0.15, 0.2) is 0 Å². The molecule has 132 valence electrons. The van der Waals surface area contributed by atoms with Gasteiger partial charge in [-0.25, -0.2) is 9.97 Å². The number of morpholine rings is 1. The first-order valence-corrected chi connectivity index (χ1v) is 9.71. The van der Waals surface area contributed by atoms with Gasteiger partial charge < -0.3 is 9.64 Å². The minimum atomic E-state index is 0.756. The average molecular weight is 330 g/mol. The molecule has 0 amide bonds. The normalized spacial score (nSPS) is 25.5. The number of fused-ring (bicyclic) bond motifs is 1. The molecule has 1 aromatic heterocycles. The molecule has 2 saturated heterocycles. The molecular weight excluding hydrogens is 300 g/mol. The minimum Gasteiger partial charge on any atom is -0.379 e. The lowest BCUT2D eigenvalue weighted by atomic mass is 9.93. The summed E-state index contributed by atoms with van der Waals surface area (Å²) in [6.45, 7) is 9.56. The van der Waals surface area contributed by atoms with Gasteiger partial charge >= 0.3 is 0 Å². The van der Waals surface area contributed by atoms with E-state index in [1.807, 2.05) is 6.92 Å². The molecule has 0 radical (unpaired) electrons. The van der Waals surface area contributed by atoms with Gasteiger partial charge in [-0.1, -0.05) is 0 Å². The number of aryl methyl sites for hydroxylation is 2. The smallest absolute Gasteiger partial charge is 0.135 e. The fourth-order valence-electron chi connectivity index (χ4n) is 4.51. The van der Waals surface area contributed by atoms with Crippen LogP contribution in [0.15, 0.2) is 0 Å². The van der Waals surface area contributed by atoms with E-state index in [-0.39, 0.29) is 0 Å². The van der Waals surface area contributed by atoms with Crippen LogP contribution < -0.4 is 4.90 Å². The summed E-state index contributed by atoms with van der Waals surface area (Å²) in [4.78, 5) is 14.7. The van der Waals surface area contributed by atoms with Gasteiger partial charge in [0.2, 0.25) is 0 Å². The second-order valence-corrected chi connectivity index (χ2v) is 7.59. The van der Waals surface area contributed by atoms with Crippen LogP contribution in [0.25, 0.3) is 0 Å². The third kappa shape index (κ3) is 3.57. The van der Waals surface area contributed by atoms with Crippen LogP contribution in [0.2, 0.25) is 0 Å². The van der Waals surface area contributed by atoms with Crippen LogP contribution in [-0.4, -0.2) is 60.8 Å². The summed E-state index contributed by atoms with van der Waals surface area (Å²) >= 11 is 0. The average Bonchev–Trinajstić information content (AvgIpc) is 2.62. The molecule has 24 heavy (non-hydrogen) atoms. The highest BCUT2D eigenvalue weighted by Gasteiger charge is 2.27. The van der Waals surface area contributed by atoms with E-state index in [1.54, 1.807) is 0 Å². The van der Waals surface area contributed by atoms with Gasteiger partial charge in [0.25, 0.3) is 0 Å². The van der Waals surface area contributed by atoms with Crippen molar-refractivity contribution in [2.75, 3.05) is 50.8 Å². The molecule has 3 heterocycles. The van der Waals surface area contributed by atoms with Crippen molar-refractivity contribution in [1.82, 2.24) is 14.9 Å². The Morgan fingerprint density at radius 2 is 1.88 bits per heavy atom. The highest BCUT2D eigenvalue weighted by Crippen LogP contribution is 2.31. The second-order valence-electron chi connectivity index (χ2n) is 7.59. The van der Waals surface area contributed by atoms with Crippen LogP contribution in [0, 0.1) is 12.8 Å². The van der Waals surface area contributed by atoms with Gasteiger partial charge in [-0.2, -0.15) is 0 Å². The van der Waals surface area contributed by atoms with Crippen LogP contribution in [0.3, 0.4) is 0 Å². The van der Waals surface area contributed by atoms with Crippen LogP contribution in [0.1, 0.15) is 42.8 Å². The molecule has 0 N–H and O–H groups in total. The molecule has 0 spiro atoms. The molecular formula is C19H30N4O. The lowest BCUT2D eigenvalue weighted by Crippen LogP contribution is -2.45. The molecule has 1 aromatic rings. The monoisotopic (exact) mass is 330 g/mol. The van der Waals surface area contributed by atoms with Crippen molar-refractivity contribution in [2.24, 2.45) is 5.92 Å². The molecule has 1 unspecified atom stereocenters. The Morgan fingerprint density at radius 3 is 2.75 bits per heavy atom. The molecule has 5 nitrogen and oxygen atoms in total. The molecule has 3 aliphatic rings. The van der Waals surface area contributed by atoms with Crippen molar-refractivity contribution < 1.29 is 4.74 Å². The highest BCUT2D eigenvalue weighted by atomic mass is 16.5. The second kappa shape index (κ2) is 7.36. The molecule has 4 rings (SSSR count). The van der Waals surface area contributed by atoms with Crippen molar-refractivity contribution in [1.29, 1.82) is 0 Å². The first-order chi connectivity index (χ1) is 11.8. The molecule has 2 aliphatic heterocycles. The van der Waals surface area contributed by atoms with E-state index in [4.69, 9.17) is 14.7 Å². The maximum absolute atomic E-state index is 5.49. The zero-order valence-corrected chi connectivity index (χ0v) is 15.0. The van der Waals surface area contributed by atoms with E-state index in [9.17, 15) is 0 Å². The van der Waals surface area contributed by atoms with Gasteiger partial charge in [0, 0.05) is 44.0 Å². The molecule has 0 saturated carbocycles. The van der Waals surface area contributed by atoms with Gasteiger partial charge in [0.05, 0.1) is 13.2 Å². The Kier molecular flexibility index (Phi) is 4.99. The first-order valence-electron chi connectivity index (χ1n) is 9.71. The highest BCUT2D eigenvalue weighted by molar-refractivity contribution is 5.50. The number of anilines is 1. The summed E-state index contributed by atoms with van der Waals surface area (Å²) in [5, 5.41) is 0. The zero-order valence-electron chi connectivity index (χ0n) is 15.0. The van der Waals surface area contributed by atoms with Crippen molar-refractivity contribution >= 4 is 5.82 Å². The molecule has 1 aliphatic carbocycles. The molecule has 2 fully saturated rings. The molecule has 0 aromatic carbocycles. The largest absolute Gasteiger partial charge is 0.379 e. The maximum atomic E-state index is 5.49. The maximum Gasteiger partial charge on any atom is 0.135 e. The Balaban J connectivity index is 1.48. The number of rotatable bonds is 3. The van der Waals surface area contributed by atoms with Crippen molar-refractivity contribution in [3.8, 4) is 0 Å². The standard InChI is InChI=1S/C19H30N4O/c1-15-20-18-7-3-2-6-17(18)19(21-15)23-8-4-5-16(14-23)13-22-9-11-24-12-10-22/h16H,2-14H2,1H3. The Morgan fingerprint density at radius 1 is 1.04 bits per heavy atom. The van der Waals surface area contributed by atoms with E-state index in [2.05, 4.69) is 9.80 Å². The minimum absolute atomic E-state index is 0.756. The predicted octanol–water partition coefficient (Wildman–Crippen LogP) is 2.21. The third-order valence-electron chi connectivity index (χ3n) is 5.71. The van der Waals surface area contributed by atoms with Crippen molar-refractivity contribution in [3.05, 3.63) is 17.1 Å². The van der Waals surface area contributed by atoms with E-state index >= 15 is 0 Å². The Bertz CT molecular complexity index is 571. The lowest BCUT2D eigenvalue weighted by Gasteiger charge is -2.38. The number of nitrogens with zero attached hydrogens (tertiary/aromatic N) is 4. The topological polar surface area (TPSA) is 41.5 Å². The van der Waals surface area contributed by atoms with Gasteiger partial charge in [-0.3, -0.25) is 4.90 Å². The van der Waals surface area contributed by atoms with E-state index in [1.165, 1.54) is 49.3 Å². The predicted molar refractivity (Wildman–Crippen MR) is 95.6 cm³/mol. The van der Waals surface area contributed by atoms with Gasteiger partial charge in [-0.15, -0.1) is 0 Å². The summed E-state index contributed by atoms with van der Waals surface area (Å²) in [7, 11) is 0. The third-order valence-corrected chi connectivity index (χ3v) is 5.71. The summed E-state index contributed by atoms with van der Waals surface area (Å²) in [6, 6.07) is 0. The number of hydrogen-bond acceptors (Lipinski definition) is 5.